The molecular weight excluding hydrogens is 226 g/mol. The molecule has 1 aromatic rings. The number of aromatic nitrogens is 1. The Morgan fingerprint density at radius 3 is 2.44 bits per heavy atom. The van der Waals surface area contributed by atoms with Crippen LogP contribution in [0.15, 0.2) is 23.4 Å². The zero-order valence-corrected chi connectivity index (χ0v) is 10.5. The smallest absolute Gasteiger partial charge is 0.260 e. The SMILES string of the molecule is CC(C)N(C)S(=O)(=O)c1ccc(CN)cn1. The molecule has 0 radical (unpaired) electrons. The Morgan fingerprint density at radius 2 is 2.06 bits per heavy atom. The van der Waals surface area contributed by atoms with E-state index in [0.717, 1.165) is 5.56 Å². The Kier molecular flexibility index (Phi) is 4.01. The number of hydrogen-bond donors (Lipinski definition) is 1. The molecule has 2 N–H and O–H groups in total. The van der Waals surface area contributed by atoms with Crippen LogP contribution in [0.25, 0.3) is 0 Å². The van der Waals surface area contributed by atoms with Crippen molar-refractivity contribution in [2.24, 2.45) is 5.73 Å². The minimum absolute atomic E-state index is 0.0564. The molecule has 0 amide bonds. The normalized spacial score (nSPS) is 12.4. The highest BCUT2D eigenvalue weighted by atomic mass is 32.2. The summed E-state index contributed by atoms with van der Waals surface area (Å²) in [5.74, 6) is 0. The van der Waals surface area contributed by atoms with E-state index < -0.39 is 10.0 Å². The van der Waals surface area contributed by atoms with E-state index in [9.17, 15) is 8.42 Å². The lowest BCUT2D eigenvalue weighted by molar-refractivity contribution is 0.408. The van der Waals surface area contributed by atoms with Gasteiger partial charge in [0.1, 0.15) is 0 Å². The van der Waals surface area contributed by atoms with Crippen LogP contribution >= 0.6 is 0 Å². The molecule has 0 aliphatic rings. The van der Waals surface area contributed by atoms with Crippen molar-refractivity contribution in [3.8, 4) is 0 Å². The molecule has 5 nitrogen and oxygen atoms in total. The Balaban J connectivity index is 3.08. The van der Waals surface area contributed by atoms with E-state index in [4.69, 9.17) is 5.73 Å². The minimum Gasteiger partial charge on any atom is -0.326 e. The summed E-state index contributed by atoms with van der Waals surface area (Å²) in [6.45, 7) is 3.98. The third-order valence-corrected chi connectivity index (χ3v) is 4.35. The van der Waals surface area contributed by atoms with Crippen LogP contribution in [0.5, 0.6) is 0 Å². The minimum atomic E-state index is -3.48. The second-order valence-corrected chi connectivity index (χ2v) is 5.77. The summed E-state index contributed by atoms with van der Waals surface area (Å²) in [5, 5.41) is 0.0564. The molecule has 0 atom stereocenters. The molecule has 0 aliphatic heterocycles. The molecule has 16 heavy (non-hydrogen) atoms. The van der Waals surface area contributed by atoms with E-state index in [-0.39, 0.29) is 11.1 Å². The molecule has 0 fully saturated rings. The van der Waals surface area contributed by atoms with E-state index in [1.807, 2.05) is 13.8 Å². The molecule has 6 heteroatoms. The Bertz CT molecular complexity index is 440. The summed E-state index contributed by atoms with van der Waals surface area (Å²) in [6, 6.07) is 3.06. The summed E-state index contributed by atoms with van der Waals surface area (Å²) in [5.41, 5.74) is 6.23. The number of hydrogen-bond acceptors (Lipinski definition) is 4. The third kappa shape index (κ3) is 2.58. The predicted octanol–water partition coefficient (Wildman–Crippen LogP) is 0.569. The topological polar surface area (TPSA) is 76.3 Å². The van der Waals surface area contributed by atoms with Crippen molar-refractivity contribution >= 4 is 10.0 Å². The van der Waals surface area contributed by atoms with Gasteiger partial charge >= 0.3 is 0 Å². The van der Waals surface area contributed by atoms with Crippen LogP contribution in [0, 0.1) is 0 Å². The molecule has 1 rings (SSSR count). The van der Waals surface area contributed by atoms with Gasteiger partial charge in [-0.1, -0.05) is 6.07 Å². The van der Waals surface area contributed by atoms with Gasteiger partial charge in [0.05, 0.1) is 0 Å². The van der Waals surface area contributed by atoms with Crippen molar-refractivity contribution in [2.75, 3.05) is 7.05 Å². The average molecular weight is 243 g/mol. The number of nitrogens with two attached hydrogens (primary N) is 1. The van der Waals surface area contributed by atoms with Crippen molar-refractivity contribution in [2.45, 2.75) is 31.5 Å². The number of pyridine rings is 1. The molecule has 0 aliphatic carbocycles. The van der Waals surface area contributed by atoms with E-state index >= 15 is 0 Å². The van der Waals surface area contributed by atoms with Crippen LogP contribution in [-0.2, 0) is 16.6 Å². The van der Waals surface area contributed by atoms with E-state index in [1.165, 1.54) is 16.6 Å². The highest BCUT2D eigenvalue weighted by Crippen LogP contribution is 2.14. The highest BCUT2D eigenvalue weighted by molar-refractivity contribution is 7.89. The average Bonchev–Trinajstić information content (AvgIpc) is 2.28. The molecule has 0 aromatic carbocycles. The van der Waals surface area contributed by atoms with Gasteiger partial charge in [-0.2, -0.15) is 4.31 Å². The zero-order chi connectivity index (χ0) is 12.3. The summed E-state index contributed by atoms with van der Waals surface area (Å²) < 4.78 is 25.3. The second-order valence-electron chi connectivity index (χ2n) is 3.82. The Labute approximate surface area is 96.3 Å². The standard InChI is InChI=1S/C10H17N3O2S/c1-8(2)13(3)16(14,15)10-5-4-9(6-11)7-12-10/h4-5,7-8H,6,11H2,1-3H3. The highest BCUT2D eigenvalue weighted by Gasteiger charge is 2.23. The Hall–Kier alpha value is -0.980. The monoisotopic (exact) mass is 243 g/mol. The van der Waals surface area contributed by atoms with Gasteiger partial charge < -0.3 is 5.73 Å². The summed E-state index contributed by atoms with van der Waals surface area (Å²) in [7, 11) is -1.94. The van der Waals surface area contributed by atoms with Gasteiger partial charge in [0.25, 0.3) is 10.0 Å². The van der Waals surface area contributed by atoms with Gasteiger partial charge in [-0.05, 0) is 25.5 Å². The largest absolute Gasteiger partial charge is 0.326 e. The van der Waals surface area contributed by atoms with Crippen LogP contribution in [-0.4, -0.2) is 30.8 Å². The van der Waals surface area contributed by atoms with E-state index in [2.05, 4.69) is 4.98 Å². The van der Waals surface area contributed by atoms with Crippen LogP contribution in [0.3, 0.4) is 0 Å². The molecule has 1 heterocycles. The predicted molar refractivity (Wildman–Crippen MR) is 62.2 cm³/mol. The van der Waals surface area contributed by atoms with Gasteiger partial charge in [-0.3, -0.25) is 0 Å². The summed E-state index contributed by atoms with van der Waals surface area (Å²) in [6.07, 6.45) is 1.49. The summed E-state index contributed by atoms with van der Waals surface area (Å²) in [4.78, 5) is 3.92. The maximum atomic E-state index is 12.0. The first-order valence-electron chi connectivity index (χ1n) is 5.02. The van der Waals surface area contributed by atoms with E-state index in [0.29, 0.717) is 6.54 Å². The van der Waals surface area contributed by atoms with Crippen molar-refractivity contribution < 1.29 is 8.42 Å². The molecule has 90 valence electrons. The molecule has 0 spiro atoms. The number of nitrogens with zero attached hydrogens (tertiary/aromatic N) is 2. The second kappa shape index (κ2) is 4.90. The van der Waals surface area contributed by atoms with Crippen LogP contribution in [0.2, 0.25) is 0 Å². The van der Waals surface area contributed by atoms with Gasteiger partial charge in [0, 0.05) is 25.8 Å². The molecule has 0 saturated heterocycles. The number of rotatable bonds is 4. The van der Waals surface area contributed by atoms with Crippen molar-refractivity contribution in [1.82, 2.24) is 9.29 Å². The quantitative estimate of drug-likeness (QED) is 0.838. The first kappa shape index (κ1) is 13.1. The first-order valence-corrected chi connectivity index (χ1v) is 6.46. The third-order valence-electron chi connectivity index (χ3n) is 2.40. The molecule has 1 aromatic heterocycles. The van der Waals surface area contributed by atoms with Gasteiger partial charge in [-0.15, -0.1) is 0 Å². The van der Waals surface area contributed by atoms with Crippen molar-refractivity contribution in [3.63, 3.8) is 0 Å². The fourth-order valence-electron chi connectivity index (χ4n) is 1.11. The molecule has 0 saturated carbocycles. The Morgan fingerprint density at radius 1 is 1.44 bits per heavy atom. The van der Waals surface area contributed by atoms with Gasteiger partial charge in [0.15, 0.2) is 5.03 Å². The lowest BCUT2D eigenvalue weighted by Gasteiger charge is -2.20. The molecule has 0 bridgehead atoms. The van der Waals surface area contributed by atoms with Gasteiger partial charge in [-0.25, -0.2) is 13.4 Å². The van der Waals surface area contributed by atoms with Crippen molar-refractivity contribution in [3.05, 3.63) is 23.9 Å². The fraction of sp³-hybridized carbons (Fsp3) is 0.500. The lowest BCUT2D eigenvalue weighted by Crippen LogP contribution is -2.33. The maximum absolute atomic E-state index is 12.0. The summed E-state index contributed by atoms with van der Waals surface area (Å²) >= 11 is 0. The lowest BCUT2D eigenvalue weighted by atomic mass is 10.3. The molecular formula is C10H17N3O2S. The van der Waals surface area contributed by atoms with Crippen LogP contribution in [0.1, 0.15) is 19.4 Å². The maximum Gasteiger partial charge on any atom is 0.260 e. The van der Waals surface area contributed by atoms with Crippen LogP contribution < -0.4 is 5.73 Å². The van der Waals surface area contributed by atoms with E-state index in [1.54, 1.807) is 13.1 Å². The molecule has 0 unspecified atom stereocenters. The zero-order valence-electron chi connectivity index (χ0n) is 9.71. The van der Waals surface area contributed by atoms with Crippen molar-refractivity contribution in [1.29, 1.82) is 0 Å². The first-order chi connectivity index (χ1) is 7.39. The van der Waals surface area contributed by atoms with Crippen LogP contribution in [0.4, 0.5) is 0 Å². The van der Waals surface area contributed by atoms with Gasteiger partial charge in [0.2, 0.25) is 0 Å². The number of sulfonamides is 1. The fourth-order valence-corrected chi connectivity index (χ4v) is 2.39.